The summed E-state index contributed by atoms with van der Waals surface area (Å²) in [5.74, 6) is -0.0725. The second kappa shape index (κ2) is 6.76. The second-order valence-electron chi connectivity index (χ2n) is 5.50. The number of rotatable bonds is 4. The molecule has 1 aromatic carbocycles. The molecule has 1 aliphatic carbocycles. The zero-order valence-corrected chi connectivity index (χ0v) is 13.8. The molecule has 22 heavy (non-hydrogen) atoms. The van der Waals surface area contributed by atoms with Crippen molar-refractivity contribution in [2.45, 2.75) is 46.9 Å². The molecule has 0 aliphatic heterocycles. The Morgan fingerprint density at radius 1 is 1.23 bits per heavy atom. The number of nitrogens with zero attached hydrogens (tertiary/aromatic N) is 2. The van der Waals surface area contributed by atoms with E-state index in [0.29, 0.717) is 0 Å². The Labute approximate surface area is 137 Å². The molecule has 0 spiro atoms. The van der Waals surface area contributed by atoms with Crippen LogP contribution in [0.2, 0.25) is 0 Å². The Morgan fingerprint density at radius 2 is 1.95 bits per heavy atom. The van der Waals surface area contributed by atoms with Crippen LogP contribution in [0.25, 0.3) is 0 Å². The highest BCUT2D eigenvalue weighted by Crippen LogP contribution is 2.30. The number of nitrogens with two attached hydrogens (primary N) is 1. The van der Waals surface area contributed by atoms with Gasteiger partial charge in [0, 0.05) is 10.6 Å². The zero-order chi connectivity index (χ0) is 15.4. The average molecular weight is 334 g/mol. The third-order valence-electron chi connectivity index (χ3n) is 3.86. The van der Waals surface area contributed by atoms with Crippen LogP contribution >= 0.6 is 23.1 Å². The summed E-state index contributed by atoms with van der Waals surface area (Å²) < 4.78 is 0.903. The second-order valence-corrected chi connectivity index (χ2v) is 7.66. The predicted molar refractivity (Wildman–Crippen MR) is 89.1 cm³/mol. The fraction of sp³-hybridized carbons (Fsp3) is 0.400. The molecule has 5 nitrogen and oxygen atoms in total. The van der Waals surface area contributed by atoms with Crippen molar-refractivity contribution in [1.82, 2.24) is 10.2 Å². The quantitative estimate of drug-likeness (QED) is 0.897. The molecule has 1 fully saturated rings. The summed E-state index contributed by atoms with van der Waals surface area (Å²) in [6, 6.07) is 7.72. The zero-order valence-electron chi connectivity index (χ0n) is 12.1. The van der Waals surface area contributed by atoms with Gasteiger partial charge in [0.1, 0.15) is 5.51 Å². The van der Waals surface area contributed by atoms with E-state index in [2.05, 4.69) is 15.5 Å². The number of nitrogens with one attached hydrogen (secondary N) is 1. The van der Waals surface area contributed by atoms with Crippen LogP contribution in [0.4, 0.5) is 5.69 Å². The van der Waals surface area contributed by atoms with E-state index in [1.807, 2.05) is 24.3 Å². The largest absolute Gasteiger partial charge is 0.324 e. The molecule has 0 atom stereocenters. The first kappa shape index (κ1) is 15.5. The van der Waals surface area contributed by atoms with Crippen molar-refractivity contribution in [3.63, 3.8) is 0 Å². The fourth-order valence-corrected chi connectivity index (χ4v) is 4.03. The van der Waals surface area contributed by atoms with E-state index in [0.717, 1.165) is 40.6 Å². The number of carbonyl (C=O) groups excluding carboxylic acids is 1. The standard InChI is InChI=1S/C15H18N4OS2/c16-15(8-2-1-3-9-15)13(20)18-11-4-6-12(7-5-11)22-14-19-17-10-21-14/h4-7,10H,1-3,8-9,16H2,(H,18,20). The third-order valence-corrected chi connectivity index (χ3v) is 5.64. The van der Waals surface area contributed by atoms with Crippen molar-refractivity contribution in [3.05, 3.63) is 29.8 Å². The van der Waals surface area contributed by atoms with Crippen molar-refractivity contribution in [1.29, 1.82) is 0 Å². The Hall–Kier alpha value is -1.44. The molecule has 1 aromatic heterocycles. The summed E-state index contributed by atoms with van der Waals surface area (Å²) in [5.41, 5.74) is 8.02. The fourth-order valence-electron chi connectivity index (χ4n) is 2.58. The molecule has 116 valence electrons. The maximum absolute atomic E-state index is 12.4. The summed E-state index contributed by atoms with van der Waals surface area (Å²) >= 11 is 3.06. The summed E-state index contributed by atoms with van der Waals surface area (Å²) in [5, 5.41) is 10.7. The van der Waals surface area contributed by atoms with E-state index in [4.69, 9.17) is 5.73 Å². The first-order valence-corrected chi connectivity index (χ1v) is 9.00. The van der Waals surface area contributed by atoms with Crippen molar-refractivity contribution >= 4 is 34.7 Å². The number of carbonyl (C=O) groups is 1. The molecule has 3 N–H and O–H groups in total. The van der Waals surface area contributed by atoms with Crippen molar-refractivity contribution in [3.8, 4) is 0 Å². The highest BCUT2D eigenvalue weighted by atomic mass is 32.2. The van der Waals surface area contributed by atoms with Gasteiger partial charge in [0.2, 0.25) is 5.91 Å². The van der Waals surface area contributed by atoms with Crippen molar-refractivity contribution < 1.29 is 4.79 Å². The van der Waals surface area contributed by atoms with Gasteiger partial charge in [0.25, 0.3) is 0 Å². The van der Waals surface area contributed by atoms with Crippen LogP contribution in [-0.2, 0) is 4.79 Å². The summed E-state index contributed by atoms with van der Waals surface area (Å²) in [7, 11) is 0. The van der Waals surface area contributed by atoms with Gasteiger partial charge in [-0.25, -0.2) is 0 Å². The Bertz CT molecular complexity index is 622. The van der Waals surface area contributed by atoms with Crippen molar-refractivity contribution in [2.75, 3.05) is 5.32 Å². The lowest BCUT2D eigenvalue weighted by molar-refractivity contribution is -0.122. The minimum atomic E-state index is -0.710. The monoisotopic (exact) mass is 334 g/mol. The van der Waals surface area contributed by atoms with E-state index < -0.39 is 5.54 Å². The number of amides is 1. The first-order chi connectivity index (χ1) is 10.7. The van der Waals surface area contributed by atoms with Gasteiger partial charge in [-0.15, -0.1) is 10.2 Å². The maximum atomic E-state index is 12.4. The van der Waals surface area contributed by atoms with Crippen LogP contribution in [0.3, 0.4) is 0 Å². The van der Waals surface area contributed by atoms with Gasteiger partial charge in [-0.05, 0) is 37.1 Å². The summed E-state index contributed by atoms with van der Waals surface area (Å²) in [6.07, 6.45) is 4.76. The first-order valence-electron chi connectivity index (χ1n) is 7.30. The normalized spacial score (nSPS) is 17.1. The molecule has 0 bridgehead atoms. The van der Waals surface area contributed by atoms with Gasteiger partial charge in [-0.1, -0.05) is 42.4 Å². The molecule has 1 heterocycles. The van der Waals surface area contributed by atoms with Crippen LogP contribution in [0, 0.1) is 0 Å². The van der Waals surface area contributed by atoms with Gasteiger partial charge >= 0.3 is 0 Å². The molecular formula is C15H18N4OS2. The molecule has 3 rings (SSSR count). The van der Waals surface area contributed by atoms with E-state index in [9.17, 15) is 4.79 Å². The Kier molecular flexibility index (Phi) is 4.75. The van der Waals surface area contributed by atoms with Gasteiger partial charge in [-0.2, -0.15) is 0 Å². The summed E-state index contributed by atoms with van der Waals surface area (Å²) in [4.78, 5) is 13.4. The van der Waals surface area contributed by atoms with Crippen LogP contribution < -0.4 is 11.1 Å². The molecule has 1 saturated carbocycles. The number of anilines is 1. The molecule has 0 radical (unpaired) electrons. The average Bonchev–Trinajstić information content (AvgIpc) is 3.03. The number of aromatic nitrogens is 2. The molecule has 1 aliphatic rings. The molecular weight excluding hydrogens is 316 g/mol. The Morgan fingerprint density at radius 3 is 2.59 bits per heavy atom. The van der Waals surface area contributed by atoms with Crippen molar-refractivity contribution in [2.24, 2.45) is 5.73 Å². The van der Waals surface area contributed by atoms with Gasteiger partial charge in [0.05, 0.1) is 5.54 Å². The molecule has 0 saturated heterocycles. The molecule has 7 heteroatoms. The summed E-state index contributed by atoms with van der Waals surface area (Å²) in [6.45, 7) is 0. The van der Waals surface area contributed by atoms with Gasteiger partial charge < -0.3 is 11.1 Å². The van der Waals surface area contributed by atoms with E-state index in [1.165, 1.54) is 17.8 Å². The molecule has 0 unspecified atom stereocenters. The maximum Gasteiger partial charge on any atom is 0.244 e. The van der Waals surface area contributed by atoms with Crippen LogP contribution in [-0.4, -0.2) is 21.6 Å². The lowest BCUT2D eigenvalue weighted by Crippen LogP contribution is -2.52. The molecule has 2 aromatic rings. The van der Waals surface area contributed by atoms with Gasteiger partial charge in [0.15, 0.2) is 4.34 Å². The van der Waals surface area contributed by atoms with E-state index in [-0.39, 0.29) is 5.91 Å². The highest BCUT2D eigenvalue weighted by Gasteiger charge is 2.35. The minimum absolute atomic E-state index is 0.0725. The van der Waals surface area contributed by atoms with E-state index >= 15 is 0 Å². The highest BCUT2D eigenvalue weighted by molar-refractivity contribution is 8.01. The Balaban J connectivity index is 1.62. The van der Waals surface area contributed by atoms with Crippen LogP contribution in [0.5, 0.6) is 0 Å². The minimum Gasteiger partial charge on any atom is -0.324 e. The lowest BCUT2D eigenvalue weighted by Gasteiger charge is -2.31. The molecule has 1 amide bonds. The lowest BCUT2D eigenvalue weighted by atomic mass is 9.82. The smallest absolute Gasteiger partial charge is 0.244 e. The van der Waals surface area contributed by atoms with E-state index in [1.54, 1.807) is 17.3 Å². The third kappa shape index (κ3) is 3.66. The predicted octanol–water partition coefficient (Wildman–Crippen LogP) is 3.29. The van der Waals surface area contributed by atoms with Gasteiger partial charge in [-0.3, -0.25) is 4.79 Å². The number of benzene rings is 1. The number of hydrogen-bond donors (Lipinski definition) is 2. The van der Waals surface area contributed by atoms with Crippen LogP contribution in [0.1, 0.15) is 32.1 Å². The van der Waals surface area contributed by atoms with Crippen LogP contribution in [0.15, 0.2) is 39.0 Å². The topological polar surface area (TPSA) is 80.9 Å². The number of hydrogen-bond acceptors (Lipinski definition) is 6. The SMILES string of the molecule is NC1(C(=O)Nc2ccc(Sc3nncs3)cc2)CCCCC1.